The molecule has 0 N–H and O–H groups in total. The second kappa shape index (κ2) is 8.42. The van der Waals surface area contributed by atoms with Gasteiger partial charge in [0, 0.05) is 26.2 Å². The number of sulfonamides is 1. The summed E-state index contributed by atoms with van der Waals surface area (Å²) in [6.45, 7) is 4.85. The number of ether oxygens (including phenoxy) is 2. The van der Waals surface area contributed by atoms with Gasteiger partial charge in [-0.2, -0.15) is 4.31 Å². The third-order valence-corrected chi connectivity index (χ3v) is 7.18. The van der Waals surface area contributed by atoms with Gasteiger partial charge in [-0.3, -0.25) is 4.79 Å². The topological polar surface area (TPSA) is 76.2 Å². The van der Waals surface area contributed by atoms with Gasteiger partial charge in [-0.05, 0) is 49.2 Å². The molecule has 2 aromatic rings. The van der Waals surface area contributed by atoms with Gasteiger partial charge in [-0.15, -0.1) is 0 Å². The second-order valence-corrected chi connectivity index (χ2v) is 8.89. The number of nitrogens with zero attached hydrogens (tertiary/aromatic N) is 2. The lowest BCUT2D eigenvalue weighted by Gasteiger charge is -2.34. The van der Waals surface area contributed by atoms with Crippen LogP contribution in [-0.4, -0.2) is 63.9 Å². The molecule has 7 nitrogen and oxygen atoms in total. The van der Waals surface area contributed by atoms with E-state index in [0.29, 0.717) is 30.2 Å². The maximum Gasteiger partial charge on any atom is 0.257 e. The van der Waals surface area contributed by atoms with E-state index < -0.39 is 10.0 Å². The molecule has 1 heterocycles. The molecule has 0 unspecified atom stereocenters. The number of amides is 1. The van der Waals surface area contributed by atoms with E-state index in [0.717, 1.165) is 11.1 Å². The Bertz CT molecular complexity index is 1010. The largest absolute Gasteiger partial charge is 0.496 e. The normalized spacial score (nSPS) is 15.2. The number of rotatable bonds is 5. The molecule has 1 aliphatic heterocycles. The molecule has 0 aromatic heterocycles. The van der Waals surface area contributed by atoms with Crippen molar-refractivity contribution in [2.45, 2.75) is 18.7 Å². The minimum absolute atomic E-state index is 0.160. The van der Waals surface area contributed by atoms with Crippen molar-refractivity contribution in [3.63, 3.8) is 0 Å². The van der Waals surface area contributed by atoms with Crippen LogP contribution in [0.4, 0.5) is 0 Å². The molecule has 0 bridgehead atoms. The Morgan fingerprint density at radius 1 is 0.897 bits per heavy atom. The van der Waals surface area contributed by atoms with Crippen molar-refractivity contribution in [3.8, 4) is 11.5 Å². The number of hydrogen-bond acceptors (Lipinski definition) is 5. The van der Waals surface area contributed by atoms with E-state index in [1.807, 2.05) is 13.8 Å². The standard InChI is InChI=1S/C21H26N2O5S/c1-15-13-19(28-4)20(14-16(15)2)29(25,26)23-11-9-22(10-12-23)21(24)17-7-5-6-8-18(17)27-3/h5-8,13-14H,9-12H2,1-4H3. The first kappa shape index (κ1) is 21.1. The summed E-state index contributed by atoms with van der Waals surface area (Å²) in [6, 6.07) is 10.4. The lowest BCUT2D eigenvalue weighted by atomic mass is 10.1. The zero-order valence-electron chi connectivity index (χ0n) is 17.1. The first-order valence-corrected chi connectivity index (χ1v) is 10.8. The second-order valence-electron chi connectivity index (χ2n) is 6.98. The highest BCUT2D eigenvalue weighted by Gasteiger charge is 2.33. The predicted octanol–water partition coefficient (Wildman–Crippen LogP) is 2.47. The van der Waals surface area contributed by atoms with Crippen LogP contribution in [0.3, 0.4) is 0 Å². The van der Waals surface area contributed by atoms with Crippen LogP contribution in [0.1, 0.15) is 21.5 Å². The van der Waals surface area contributed by atoms with Crippen molar-refractivity contribution in [1.82, 2.24) is 9.21 Å². The molecular weight excluding hydrogens is 392 g/mol. The third-order valence-electron chi connectivity index (χ3n) is 5.26. The Balaban J connectivity index is 1.78. The van der Waals surface area contributed by atoms with Gasteiger partial charge < -0.3 is 14.4 Å². The Morgan fingerprint density at radius 3 is 2.10 bits per heavy atom. The van der Waals surface area contributed by atoms with Gasteiger partial charge in [0.1, 0.15) is 16.4 Å². The van der Waals surface area contributed by atoms with E-state index in [1.54, 1.807) is 41.3 Å². The fourth-order valence-corrected chi connectivity index (χ4v) is 5.03. The number of hydrogen-bond donors (Lipinski definition) is 0. The fourth-order valence-electron chi connectivity index (χ4n) is 3.39. The van der Waals surface area contributed by atoms with Crippen LogP contribution in [0.2, 0.25) is 0 Å². The summed E-state index contributed by atoms with van der Waals surface area (Å²) >= 11 is 0. The number of piperazine rings is 1. The van der Waals surface area contributed by atoms with Crippen LogP contribution in [0.5, 0.6) is 11.5 Å². The van der Waals surface area contributed by atoms with Crippen LogP contribution in [0, 0.1) is 13.8 Å². The summed E-state index contributed by atoms with van der Waals surface area (Å²) in [4.78, 5) is 14.7. The molecule has 0 aliphatic carbocycles. The van der Waals surface area contributed by atoms with Gasteiger partial charge >= 0.3 is 0 Å². The highest BCUT2D eigenvalue weighted by Crippen LogP contribution is 2.30. The molecule has 0 spiro atoms. The smallest absolute Gasteiger partial charge is 0.257 e. The van der Waals surface area contributed by atoms with E-state index in [1.165, 1.54) is 18.5 Å². The van der Waals surface area contributed by atoms with Crippen molar-refractivity contribution < 1.29 is 22.7 Å². The van der Waals surface area contributed by atoms with Gasteiger partial charge in [-0.25, -0.2) is 8.42 Å². The average molecular weight is 419 g/mol. The highest BCUT2D eigenvalue weighted by molar-refractivity contribution is 7.89. The van der Waals surface area contributed by atoms with Crippen molar-refractivity contribution >= 4 is 15.9 Å². The molecule has 0 saturated carbocycles. The molecule has 29 heavy (non-hydrogen) atoms. The number of methoxy groups -OCH3 is 2. The van der Waals surface area contributed by atoms with Crippen LogP contribution < -0.4 is 9.47 Å². The number of aryl methyl sites for hydroxylation is 2. The number of benzene rings is 2. The van der Waals surface area contributed by atoms with Crippen LogP contribution >= 0.6 is 0 Å². The quantitative estimate of drug-likeness (QED) is 0.746. The minimum atomic E-state index is -3.72. The van der Waals surface area contributed by atoms with E-state index in [9.17, 15) is 13.2 Å². The van der Waals surface area contributed by atoms with E-state index in [-0.39, 0.29) is 23.9 Å². The lowest BCUT2D eigenvalue weighted by molar-refractivity contribution is 0.0694. The van der Waals surface area contributed by atoms with Crippen molar-refractivity contribution in [2.75, 3.05) is 40.4 Å². The Labute approximate surface area is 171 Å². The third kappa shape index (κ3) is 4.09. The molecule has 1 amide bonds. The summed E-state index contributed by atoms with van der Waals surface area (Å²) in [6.07, 6.45) is 0. The highest BCUT2D eigenvalue weighted by atomic mass is 32.2. The maximum atomic E-state index is 13.2. The minimum Gasteiger partial charge on any atom is -0.496 e. The summed E-state index contributed by atoms with van der Waals surface area (Å²) < 4.78 is 38.4. The summed E-state index contributed by atoms with van der Waals surface area (Å²) in [7, 11) is -0.738. The molecule has 2 aromatic carbocycles. The first-order chi connectivity index (χ1) is 13.8. The molecule has 3 rings (SSSR count). The van der Waals surface area contributed by atoms with Gasteiger partial charge in [0.2, 0.25) is 10.0 Å². The summed E-state index contributed by atoms with van der Waals surface area (Å²) in [5, 5.41) is 0. The number of carbonyl (C=O) groups is 1. The van der Waals surface area contributed by atoms with Crippen molar-refractivity contribution in [2.24, 2.45) is 0 Å². The van der Waals surface area contributed by atoms with Gasteiger partial charge in [-0.1, -0.05) is 12.1 Å². The van der Waals surface area contributed by atoms with Gasteiger partial charge in [0.25, 0.3) is 5.91 Å². The van der Waals surface area contributed by atoms with E-state index in [4.69, 9.17) is 9.47 Å². The Hall–Kier alpha value is -2.58. The zero-order chi connectivity index (χ0) is 21.2. The zero-order valence-corrected chi connectivity index (χ0v) is 18.0. The number of para-hydroxylation sites is 1. The van der Waals surface area contributed by atoms with Gasteiger partial charge in [0.05, 0.1) is 19.8 Å². The van der Waals surface area contributed by atoms with Crippen molar-refractivity contribution in [3.05, 3.63) is 53.1 Å². The van der Waals surface area contributed by atoms with Crippen LogP contribution in [0.15, 0.2) is 41.3 Å². The molecule has 156 valence electrons. The Kier molecular flexibility index (Phi) is 6.14. The molecule has 0 atom stereocenters. The monoisotopic (exact) mass is 418 g/mol. The van der Waals surface area contributed by atoms with Crippen molar-refractivity contribution in [1.29, 1.82) is 0 Å². The molecule has 1 saturated heterocycles. The van der Waals surface area contributed by atoms with Crippen LogP contribution in [-0.2, 0) is 10.0 Å². The average Bonchev–Trinajstić information content (AvgIpc) is 2.74. The number of carbonyl (C=O) groups excluding carboxylic acids is 1. The first-order valence-electron chi connectivity index (χ1n) is 9.37. The van der Waals surface area contributed by atoms with Crippen LogP contribution in [0.25, 0.3) is 0 Å². The molecule has 1 fully saturated rings. The van der Waals surface area contributed by atoms with E-state index in [2.05, 4.69) is 0 Å². The molecule has 8 heteroatoms. The maximum absolute atomic E-state index is 13.2. The van der Waals surface area contributed by atoms with E-state index >= 15 is 0 Å². The predicted molar refractivity (Wildman–Crippen MR) is 110 cm³/mol. The fraction of sp³-hybridized carbons (Fsp3) is 0.381. The molecule has 1 aliphatic rings. The van der Waals surface area contributed by atoms with Gasteiger partial charge in [0.15, 0.2) is 0 Å². The SMILES string of the molecule is COc1ccccc1C(=O)N1CCN(S(=O)(=O)c2cc(C)c(C)cc2OC)CC1. The summed E-state index contributed by atoms with van der Waals surface area (Å²) in [5.41, 5.74) is 2.32. The Morgan fingerprint density at radius 2 is 1.48 bits per heavy atom. The molecular formula is C21H26N2O5S. The molecule has 0 radical (unpaired) electrons. The lowest BCUT2D eigenvalue weighted by Crippen LogP contribution is -2.50. The summed E-state index contributed by atoms with van der Waals surface area (Å²) in [5.74, 6) is 0.677.